The summed E-state index contributed by atoms with van der Waals surface area (Å²) in [6, 6.07) is 0. The van der Waals surface area contributed by atoms with E-state index in [-0.39, 0.29) is 6.42 Å². The monoisotopic (exact) mass is 338 g/mol. The van der Waals surface area contributed by atoms with Gasteiger partial charge in [-0.1, -0.05) is 43.7 Å². The topological polar surface area (TPSA) is 93.1 Å². The van der Waals surface area contributed by atoms with Gasteiger partial charge in [-0.2, -0.15) is 0 Å². The highest BCUT2D eigenvalue weighted by Crippen LogP contribution is 2.17. The summed E-state index contributed by atoms with van der Waals surface area (Å²) in [5.41, 5.74) is 0. The summed E-state index contributed by atoms with van der Waals surface area (Å²) in [4.78, 5) is 24.0. The molecular formula is C18H26O6. The Morgan fingerprint density at radius 1 is 1.42 bits per heavy atom. The number of esters is 2. The molecule has 0 aromatic heterocycles. The van der Waals surface area contributed by atoms with Gasteiger partial charge in [-0.3, -0.25) is 0 Å². The Morgan fingerprint density at radius 2 is 2.17 bits per heavy atom. The Kier molecular flexibility index (Phi) is 9.04. The standard InChI is InChI=1S/C18H26O6/c1-3-5-6-12-16(20)23-15-11-8-7-10-13(19)17(21)14(9-4-2)24-18(15)22/h3,5-7,10,12-15,17,19,21H,4,8-9,11H2,1-2H3/b5-3+,10-7+,12-6+. The van der Waals surface area contributed by atoms with Crippen LogP contribution in [-0.4, -0.2) is 46.6 Å². The quantitative estimate of drug-likeness (QED) is 0.344. The van der Waals surface area contributed by atoms with Crippen LogP contribution in [0.3, 0.4) is 0 Å². The van der Waals surface area contributed by atoms with Crippen LogP contribution in [0.4, 0.5) is 0 Å². The number of rotatable bonds is 5. The minimum Gasteiger partial charge on any atom is -0.457 e. The van der Waals surface area contributed by atoms with Crippen LogP contribution in [0.2, 0.25) is 0 Å². The first-order valence-corrected chi connectivity index (χ1v) is 8.22. The van der Waals surface area contributed by atoms with E-state index in [0.29, 0.717) is 19.3 Å². The van der Waals surface area contributed by atoms with Gasteiger partial charge in [0.25, 0.3) is 0 Å². The van der Waals surface area contributed by atoms with Crippen molar-refractivity contribution in [1.29, 1.82) is 0 Å². The number of ether oxygens (including phenoxy) is 2. The van der Waals surface area contributed by atoms with Crippen molar-refractivity contribution in [3.8, 4) is 0 Å². The van der Waals surface area contributed by atoms with Gasteiger partial charge < -0.3 is 19.7 Å². The number of hydrogen-bond acceptors (Lipinski definition) is 6. The van der Waals surface area contributed by atoms with Gasteiger partial charge in [0, 0.05) is 6.08 Å². The molecule has 4 atom stereocenters. The molecule has 6 nitrogen and oxygen atoms in total. The van der Waals surface area contributed by atoms with Crippen molar-refractivity contribution in [2.45, 2.75) is 63.9 Å². The molecule has 1 heterocycles. The van der Waals surface area contributed by atoms with E-state index in [1.165, 1.54) is 18.2 Å². The van der Waals surface area contributed by atoms with Crippen molar-refractivity contribution in [3.63, 3.8) is 0 Å². The van der Waals surface area contributed by atoms with Crippen LogP contribution >= 0.6 is 0 Å². The second-order valence-electron chi connectivity index (χ2n) is 5.56. The van der Waals surface area contributed by atoms with Crippen LogP contribution < -0.4 is 0 Å². The van der Waals surface area contributed by atoms with Crippen molar-refractivity contribution in [1.82, 2.24) is 0 Å². The highest BCUT2D eigenvalue weighted by atomic mass is 16.6. The van der Waals surface area contributed by atoms with Crippen LogP contribution in [0.5, 0.6) is 0 Å². The molecule has 134 valence electrons. The van der Waals surface area contributed by atoms with E-state index < -0.39 is 36.4 Å². The van der Waals surface area contributed by atoms with Crippen LogP contribution in [0.15, 0.2) is 36.5 Å². The first kappa shape index (κ1) is 20.1. The second-order valence-corrected chi connectivity index (χ2v) is 5.56. The molecule has 24 heavy (non-hydrogen) atoms. The number of allylic oxidation sites excluding steroid dienone is 4. The minimum atomic E-state index is -1.21. The van der Waals surface area contributed by atoms with Gasteiger partial charge in [-0.05, 0) is 26.2 Å². The summed E-state index contributed by atoms with van der Waals surface area (Å²) in [5.74, 6) is -1.34. The van der Waals surface area contributed by atoms with Crippen molar-refractivity contribution >= 4 is 11.9 Å². The summed E-state index contributed by atoms with van der Waals surface area (Å²) in [7, 11) is 0. The minimum absolute atomic E-state index is 0.250. The smallest absolute Gasteiger partial charge is 0.347 e. The fourth-order valence-corrected chi connectivity index (χ4v) is 2.28. The number of aliphatic hydroxyl groups excluding tert-OH is 2. The largest absolute Gasteiger partial charge is 0.457 e. The summed E-state index contributed by atoms with van der Waals surface area (Å²) in [6.07, 6.45) is 6.83. The third-order valence-corrected chi connectivity index (χ3v) is 3.56. The van der Waals surface area contributed by atoms with Crippen LogP contribution in [0.25, 0.3) is 0 Å². The predicted octanol–water partition coefficient (Wildman–Crippen LogP) is 1.81. The van der Waals surface area contributed by atoms with Crippen LogP contribution in [0, 0.1) is 0 Å². The third kappa shape index (κ3) is 6.68. The van der Waals surface area contributed by atoms with Gasteiger partial charge in [-0.15, -0.1) is 0 Å². The molecule has 1 aliphatic heterocycles. The maximum atomic E-state index is 12.3. The zero-order valence-corrected chi connectivity index (χ0v) is 14.1. The normalized spacial score (nSPS) is 30.2. The lowest BCUT2D eigenvalue weighted by atomic mass is 10.0. The number of cyclic esters (lactones) is 1. The van der Waals surface area contributed by atoms with Gasteiger partial charge in [-0.25, -0.2) is 9.59 Å². The van der Waals surface area contributed by atoms with E-state index in [2.05, 4.69) is 0 Å². The van der Waals surface area contributed by atoms with Crippen LogP contribution in [0.1, 0.15) is 39.5 Å². The van der Waals surface area contributed by atoms with Gasteiger partial charge in [0.15, 0.2) is 6.10 Å². The number of carbonyl (C=O) groups is 2. The molecule has 0 spiro atoms. The molecule has 0 amide bonds. The number of hydrogen-bond donors (Lipinski definition) is 2. The molecule has 0 bridgehead atoms. The molecule has 4 unspecified atom stereocenters. The third-order valence-electron chi connectivity index (χ3n) is 3.56. The molecule has 0 aromatic rings. The van der Waals surface area contributed by atoms with Crippen LogP contribution in [-0.2, 0) is 19.1 Å². The molecule has 0 saturated carbocycles. The Hall–Kier alpha value is -1.92. The highest BCUT2D eigenvalue weighted by molar-refractivity contribution is 5.85. The van der Waals surface area contributed by atoms with Crippen molar-refractivity contribution in [2.75, 3.05) is 0 Å². The van der Waals surface area contributed by atoms with E-state index in [1.54, 1.807) is 18.2 Å². The molecule has 1 rings (SSSR count). The lowest BCUT2D eigenvalue weighted by Gasteiger charge is -2.27. The average Bonchev–Trinajstić information content (AvgIpc) is 2.55. The number of carbonyl (C=O) groups excluding carboxylic acids is 2. The molecule has 0 saturated heterocycles. The van der Waals surface area contributed by atoms with Gasteiger partial charge in [0.1, 0.15) is 18.3 Å². The van der Waals surface area contributed by atoms with Gasteiger partial charge >= 0.3 is 11.9 Å². The number of aliphatic hydroxyl groups is 2. The van der Waals surface area contributed by atoms with Crippen molar-refractivity contribution < 1.29 is 29.3 Å². The zero-order chi connectivity index (χ0) is 17.9. The molecule has 0 aliphatic carbocycles. The van der Waals surface area contributed by atoms with Crippen molar-refractivity contribution in [3.05, 3.63) is 36.5 Å². The van der Waals surface area contributed by atoms with Gasteiger partial charge in [0.05, 0.1) is 0 Å². The average molecular weight is 338 g/mol. The predicted molar refractivity (Wildman–Crippen MR) is 89.0 cm³/mol. The fraction of sp³-hybridized carbons (Fsp3) is 0.556. The molecule has 0 fully saturated rings. The summed E-state index contributed by atoms with van der Waals surface area (Å²) in [5, 5.41) is 20.0. The molecule has 6 heteroatoms. The Bertz CT molecular complexity index is 494. The summed E-state index contributed by atoms with van der Waals surface area (Å²) < 4.78 is 10.4. The molecule has 1 aliphatic rings. The maximum Gasteiger partial charge on any atom is 0.347 e. The first-order chi connectivity index (χ1) is 11.5. The second kappa shape index (κ2) is 10.8. The maximum absolute atomic E-state index is 12.3. The van der Waals surface area contributed by atoms with E-state index in [0.717, 1.165) is 0 Å². The molecule has 2 N–H and O–H groups in total. The molecule has 0 radical (unpaired) electrons. The van der Waals surface area contributed by atoms with Crippen molar-refractivity contribution in [2.24, 2.45) is 0 Å². The van der Waals surface area contributed by atoms with E-state index in [1.807, 2.05) is 13.8 Å². The SMILES string of the molecule is C/C=C/C=C/C(=O)OC1CC/C=C/C(O)C(O)C(CCC)OC1=O. The van der Waals surface area contributed by atoms with Gasteiger partial charge in [0.2, 0.25) is 0 Å². The first-order valence-electron chi connectivity index (χ1n) is 8.22. The summed E-state index contributed by atoms with van der Waals surface area (Å²) in [6.45, 7) is 3.69. The van der Waals surface area contributed by atoms with E-state index in [4.69, 9.17) is 9.47 Å². The van der Waals surface area contributed by atoms with E-state index >= 15 is 0 Å². The molecular weight excluding hydrogens is 312 g/mol. The lowest BCUT2D eigenvalue weighted by Crippen LogP contribution is -2.42. The Labute approximate surface area is 142 Å². The highest BCUT2D eigenvalue weighted by Gasteiger charge is 2.32. The molecule has 0 aromatic carbocycles. The Balaban J connectivity index is 2.84. The summed E-state index contributed by atoms with van der Waals surface area (Å²) >= 11 is 0. The lowest BCUT2D eigenvalue weighted by molar-refractivity contribution is -0.176. The zero-order valence-electron chi connectivity index (χ0n) is 14.1. The van der Waals surface area contributed by atoms with E-state index in [9.17, 15) is 19.8 Å². The Morgan fingerprint density at radius 3 is 2.83 bits per heavy atom. The fourth-order valence-electron chi connectivity index (χ4n) is 2.28.